The molecule has 2 aromatic carbocycles. The van der Waals surface area contributed by atoms with Crippen LogP contribution in [-0.4, -0.2) is 31.3 Å². The number of hydrogen-bond acceptors (Lipinski definition) is 5. The molecule has 25 heavy (non-hydrogen) atoms. The first-order valence-electron chi connectivity index (χ1n) is 7.16. The van der Waals surface area contributed by atoms with Crippen LogP contribution in [0.5, 0.6) is 5.75 Å². The maximum atomic E-state index is 13.4. The Kier molecular flexibility index (Phi) is 6.76. The Bertz CT molecular complexity index is 770. The number of benzene rings is 2. The minimum absolute atomic E-state index is 0.00424. The highest BCUT2D eigenvalue weighted by Gasteiger charge is 2.12. The fourth-order valence-electron chi connectivity index (χ4n) is 1.85. The van der Waals surface area contributed by atoms with Gasteiger partial charge in [-0.15, -0.1) is 11.8 Å². The van der Waals surface area contributed by atoms with E-state index in [0.29, 0.717) is 11.4 Å². The number of esters is 1. The summed E-state index contributed by atoms with van der Waals surface area (Å²) in [4.78, 5) is 23.4. The molecule has 5 nitrogen and oxygen atoms in total. The lowest BCUT2D eigenvalue weighted by molar-refractivity contribution is -0.144. The summed E-state index contributed by atoms with van der Waals surface area (Å²) < 4.78 is 36.4. The van der Waals surface area contributed by atoms with Crippen molar-refractivity contribution in [3.05, 3.63) is 54.1 Å². The lowest BCUT2D eigenvalue weighted by Gasteiger charge is -2.10. The molecule has 0 saturated carbocycles. The standard InChI is InChI=1S/C17H15F2NO4S/c1-23-14-5-3-2-4-13(14)20-16(21)9-24-17(22)10-25-15-8-11(18)6-7-12(15)19/h2-8H,9-10H2,1H3,(H,20,21). The third-order valence-electron chi connectivity index (χ3n) is 2.98. The maximum Gasteiger partial charge on any atom is 0.316 e. The summed E-state index contributed by atoms with van der Waals surface area (Å²) >= 11 is 0.790. The lowest BCUT2D eigenvalue weighted by Crippen LogP contribution is -2.21. The van der Waals surface area contributed by atoms with Crippen LogP contribution in [0.25, 0.3) is 0 Å². The van der Waals surface area contributed by atoms with E-state index in [9.17, 15) is 18.4 Å². The predicted octanol–water partition coefficient (Wildman–Crippen LogP) is 3.25. The average molecular weight is 367 g/mol. The highest BCUT2D eigenvalue weighted by molar-refractivity contribution is 8.00. The fourth-order valence-corrected chi connectivity index (χ4v) is 2.60. The predicted molar refractivity (Wildman–Crippen MR) is 89.7 cm³/mol. The third kappa shape index (κ3) is 5.75. The number of para-hydroxylation sites is 2. The highest BCUT2D eigenvalue weighted by atomic mass is 32.2. The zero-order valence-electron chi connectivity index (χ0n) is 13.3. The molecule has 0 aliphatic carbocycles. The van der Waals surface area contributed by atoms with Crippen LogP contribution in [0, 0.1) is 11.6 Å². The minimum Gasteiger partial charge on any atom is -0.495 e. The number of amides is 1. The molecule has 0 unspecified atom stereocenters. The second-order valence-corrected chi connectivity index (χ2v) is 5.79. The summed E-state index contributed by atoms with van der Waals surface area (Å²) in [6, 6.07) is 9.73. The summed E-state index contributed by atoms with van der Waals surface area (Å²) in [6.45, 7) is -0.497. The molecule has 2 rings (SSSR count). The molecule has 2 aromatic rings. The van der Waals surface area contributed by atoms with Crippen molar-refractivity contribution in [1.29, 1.82) is 0 Å². The van der Waals surface area contributed by atoms with Crippen LogP contribution in [0.1, 0.15) is 0 Å². The van der Waals surface area contributed by atoms with E-state index in [2.05, 4.69) is 5.32 Å². The summed E-state index contributed by atoms with van der Waals surface area (Å²) in [5, 5.41) is 2.55. The molecular formula is C17H15F2NO4S. The van der Waals surface area contributed by atoms with E-state index in [1.807, 2.05) is 0 Å². The van der Waals surface area contributed by atoms with Gasteiger partial charge in [-0.3, -0.25) is 9.59 Å². The SMILES string of the molecule is COc1ccccc1NC(=O)COC(=O)CSc1cc(F)ccc1F. The van der Waals surface area contributed by atoms with Gasteiger partial charge in [0, 0.05) is 4.90 Å². The summed E-state index contributed by atoms with van der Waals surface area (Å²) in [6.07, 6.45) is 0. The van der Waals surface area contributed by atoms with Crippen LogP contribution in [-0.2, 0) is 14.3 Å². The van der Waals surface area contributed by atoms with Gasteiger partial charge in [-0.1, -0.05) is 12.1 Å². The van der Waals surface area contributed by atoms with Crippen molar-refractivity contribution in [3.63, 3.8) is 0 Å². The quantitative estimate of drug-likeness (QED) is 0.601. The number of rotatable bonds is 7. The van der Waals surface area contributed by atoms with Gasteiger partial charge >= 0.3 is 5.97 Å². The van der Waals surface area contributed by atoms with E-state index >= 15 is 0 Å². The van der Waals surface area contributed by atoms with Crippen LogP contribution in [0.4, 0.5) is 14.5 Å². The number of thioether (sulfide) groups is 1. The topological polar surface area (TPSA) is 64.6 Å². The molecule has 0 bridgehead atoms. The molecule has 0 aliphatic heterocycles. The zero-order valence-corrected chi connectivity index (χ0v) is 14.1. The molecule has 0 fully saturated rings. The number of nitrogens with one attached hydrogen (secondary N) is 1. The molecule has 1 N–H and O–H groups in total. The van der Waals surface area contributed by atoms with E-state index in [1.165, 1.54) is 7.11 Å². The second kappa shape index (κ2) is 9.03. The normalized spacial score (nSPS) is 10.2. The first-order valence-corrected chi connectivity index (χ1v) is 8.14. The molecule has 8 heteroatoms. The van der Waals surface area contributed by atoms with Crippen LogP contribution in [0.2, 0.25) is 0 Å². The Morgan fingerprint density at radius 2 is 1.92 bits per heavy atom. The second-order valence-electron chi connectivity index (χ2n) is 4.77. The zero-order chi connectivity index (χ0) is 18.2. The smallest absolute Gasteiger partial charge is 0.316 e. The average Bonchev–Trinajstić information content (AvgIpc) is 2.61. The largest absolute Gasteiger partial charge is 0.495 e. The number of ether oxygens (including phenoxy) is 2. The van der Waals surface area contributed by atoms with E-state index in [0.717, 1.165) is 30.0 Å². The first-order chi connectivity index (χ1) is 12.0. The Labute approximate surface area is 147 Å². The van der Waals surface area contributed by atoms with Gasteiger partial charge in [-0.05, 0) is 30.3 Å². The number of carbonyl (C=O) groups is 2. The fraction of sp³-hybridized carbons (Fsp3) is 0.176. The molecule has 0 spiro atoms. The molecule has 0 atom stereocenters. The van der Waals surface area contributed by atoms with Crippen molar-refractivity contribution in [3.8, 4) is 5.75 Å². The van der Waals surface area contributed by atoms with Crippen LogP contribution < -0.4 is 10.1 Å². The van der Waals surface area contributed by atoms with E-state index < -0.39 is 30.1 Å². The molecule has 0 aromatic heterocycles. The number of hydrogen-bond donors (Lipinski definition) is 1. The summed E-state index contributed by atoms with van der Waals surface area (Å²) in [5.74, 6) is -2.27. The van der Waals surface area contributed by atoms with Crippen molar-refractivity contribution < 1.29 is 27.8 Å². The Morgan fingerprint density at radius 3 is 2.68 bits per heavy atom. The molecule has 1 amide bonds. The Hall–Kier alpha value is -2.61. The van der Waals surface area contributed by atoms with Crippen molar-refractivity contribution in [2.24, 2.45) is 0 Å². The molecule has 0 aliphatic rings. The summed E-state index contributed by atoms with van der Waals surface area (Å²) in [5.41, 5.74) is 0.447. The maximum absolute atomic E-state index is 13.4. The lowest BCUT2D eigenvalue weighted by atomic mass is 10.3. The number of methoxy groups -OCH3 is 1. The van der Waals surface area contributed by atoms with Gasteiger partial charge in [0.25, 0.3) is 5.91 Å². The van der Waals surface area contributed by atoms with Gasteiger partial charge < -0.3 is 14.8 Å². The minimum atomic E-state index is -0.719. The van der Waals surface area contributed by atoms with Gasteiger partial charge in [0.05, 0.1) is 18.6 Å². The molecule has 0 heterocycles. The monoisotopic (exact) mass is 367 g/mol. The number of carbonyl (C=O) groups excluding carboxylic acids is 2. The first kappa shape index (κ1) is 18.7. The third-order valence-corrected chi connectivity index (χ3v) is 3.99. The van der Waals surface area contributed by atoms with E-state index in [-0.39, 0.29) is 10.6 Å². The Morgan fingerprint density at radius 1 is 1.16 bits per heavy atom. The molecular weight excluding hydrogens is 352 g/mol. The van der Waals surface area contributed by atoms with Crippen molar-refractivity contribution in [2.45, 2.75) is 4.90 Å². The number of halogens is 2. The molecule has 0 radical (unpaired) electrons. The highest BCUT2D eigenvalue weighted by Crippen LogP contribution is 2.23. The van der Waals surface area contributed by atoms with Gasteiger partial charge in [0.15, 0.2) is 6.61 Å². The van der Waals surface area contributed by atoms with Crippen molar-refractivity contribution in [2.75, 3.05) is 24.8 Å². The van der Waals surface area contributed by atoms with Crippen LogP contribution in [0.15, 0.2) is 47.4 Å². The van der Waals surface area contributed by atoms with E-state index in [1.54, 1.807) is 24.3 Å². The molecule has 0 saturated heterocycles. The number of anilines is 1. The van der Waals surface area contributed by atoms with Crippen molar-refractivity contribution >= 4 is 29.3 Å². The Balaban J connectivity index is 1.79. The molecule has 132 valence electrons. The van der Waals surface area contributed by atoms with Crippen molar-refractivity contribution in [1.82, 2.24) is 0 Å². The van der Waals surface area contributed by atoms with Gasteiger partial charge in [-0.25, -0.2) is 8.78 Å². The van der Waals surface area contributed by atoms with Gasteiger partial charge in [0.2, 0.25) is 0 Å². The van der Waals surface area contributed by atoms with Crippen LogP contribution in [0.3, 0.4) is 0 Å². The van der Waals surface area contributed by atoms with Crippen LogP contribution >= 0.6 is 11.8 Å². The summed E-state index contributed by atoms with van der Waals surface area (Å²) in [7, 11) is 1.47. The van der Waals surface area contributed by atoms with Gasteiger partial charge in [0.1, 0.15) is 17.4 Å². The van der Waals surface area contributed by atoms with E-state index in [4.69, 9.17) is 9.47 Å². The van der Waals surface area contributed by atoms with Gasteiger partial charge in [-0.2, -0.15) is 0 Å².